The number of amides is 1. The van der Waals surface area contributed by atoms with E-state index in [-0.39, 0.29) is 11.3 Å². The summed E-state index contributed by atoms with van der Waals surface area (Å²) in [4.78, 5) is 11.9. The van der Waals surface area contributed by atoms with Crippen LogP contribution in [-0.4, -0.2) is 19.1 Å². The van der Waals surface area contributed by atoms with Gasteiger partial charge in [-0.25, -0.2) is 0 Å². The Kier molecular flexibility index (Phi) is 4.76. The zero-order valence-electron chi connectivity index (χ0n) is 11.1. The Morgan fingerprint density at radius 1 is 1.44 bits per heavy atom. The first kappa shape index (κ1) is 15.0. The van der Waals surface area contributed by atoms with Gasteiger partial charge in [0.25, 0.3) is 0 Å². The molecule has 3 N–H and O–H groups in total. The molecule has 1 aromatic rings. The van der Waals surface area contributed by atoms with E-state index in [4.69, 9.17) is 10.5 Å². The van der Waals surface area contributed by atoms with Crippen molar-refractivity contribution in [1.29, 1.82) is 0 Å². The number of carbonyl (C=O) groups excluding carboxylic acids is 1. The first-order chi connectivity index (χ1) is 8.25. The van der Waals surface area contributed by atoms with Crippen LogP contribution in [0.15, 0.2) is 22.7 Å². The summed E-state index contributed by atoms with van der Waals surface area (Å²) in [5.74, 6) is 0.521. The number of anilines is 1. The molecule has 1 aromatic carbocycles. The van der Waals surface area contributed by atoms with Crippen molar-refractivity contribution in [2.45, 2.75) is 26.8 Å². The van der Waals surface area contributed by atoms with Crippen LogP contribution >= 0.6 is 15.9 Å². The second-order valence-corrected chi connectivity index (χ2v) is 6.04. The molecule has 4 nitrogen and oxygen atoms in total. The van der Waals surface area contributed by atoms with E-state index < -0.39 is 6.04 Å². The van der Waals surface area contributed by atoms with Crippen LogP contribution in [0.4, 0.5) is 5.69 Å². The number of carbonyl (C=O) groups is 1. The van der Waals surface area contributed by atoms with Gasteiger partial charge in [0.05, 0.1) is 17.6 Å². The van der Waals surface area contributed by atoms with Crippen LogP contribution in [0.25, 0.3) is 0 Å². The highest BCUT2D eigenvalue weighted by Gasteiger charge is 2.27. The molecule has 0 fully saturated rings. The van der Waals surface area contributed by atoms with E-state index in [0.717, 1.165) is 4.47 Å². The first-order valence-electron chi connectivity index (χ1n) is 5.65. The first-order valence-corrected chi connectivity index (χ1v) is 6.45. The lowest BCUT2D eigenvalue weighted by Crippen LogP contribution is -2.45. The lowest BCUT2D eigenvalue weighted by atomic mass is 9.87. The van der Waals surface area contributed by atoms with Gasteiger partial charge in [0.15, 0.2) is 0 Å². The van der Waals surface area contributed by atoms with Gasteiger partial charge in [-0.05, 0) is 39.5 Å². The number of methoxy groups -OCH3 is 1. The van der Waals surface area contributed by atoms with Crippen LogP contribution in [0.3, 0.4) is 0 Å². The molecule has 1 rings (SSSR count). The second-order valence-electron chi connectivity index (χ2n) is 5.18. The molecule has 0 aliphatic rings. The van der Waals surface area contributed by atoms with Crippen molar-refractivity contribution in [3.8, 4) is 5.75 Å². The quantitative estimate of drug-likeness (QED) is 0.901. The van der Waals surface area contributed by atoms with Crippen molar-refractivity contribution in [1.82, 2.24) is 0 Å². The molecule has 0 bridgehead atoms. The number of hydrogen-bond acceptors (Lipinski definition) is 3. The van der Waals surface area contributed by atoms with E-state index in [0.29, 0.717) is 11.4 Å². The summed E-state index contributed by atoms with van der Waals surface area (Å²) in [6.45, 7) is 5.80. The van der Waals surface area contributed by atoms with Crippen LogP contribution in [0.1, 0.15) is 20.8 Å². The molecule has 5 heteroatoms. The highest BCUT2D eigenvalue weighted by molar-refractivity contribution is 9.10. The number of hydrogen-bond donors (Lipinski definition) is 2. The third-order valence-corrected chi connectivity index (χ3v) is 3.25. The van der Waals surface area contributed by atoms with Gasteiger partial charge in [-0.3, -0.25) is 4.79 Å². The van der Waals surface area contributed by atoms with Crippen molar-refractivity contribution in [3.05, 3.63) is 22.7 Å². The van der Waals surface area contributed by atoms with Gasteiger partial charge >= 0.3 is 0 Å². The normalized spacial score (nSPS) is 13.0. The monoisotopic (exact) mass is 314 g/mol. The number of benzene rings is 1. The lowest BCUT2D eigenvalue weighted by molar-refractivity contribution is -0.119. The average Bonchev–Trinajstić information content (AvgIpc) is 2.27. The van der Waals surface area contributed by atoms with E-state index in [1.54, 1.807) is 25.3 Å². The van der Waals surface area contributed by atoms with E-state index in [2.05, 4.69) is 21.2 Å². The fourth-order valence-electron chi connectivity index (χ4n) is 1.36. The van der Waals surface area contributed by atoms with E-state index >= 15 is 0 Å². The Hall–Kier alpha value is -1.07. The Morgan fingerprint density at radius 3 is 2.50 bits per heavy atom. The van der Waals surface area contributed by atoms with Gasteiger partial charge in [0, 0.05) is 5.69 Å². The largest absolute Gasteiger partial charge is 0.496 e. The molecule has 0 aliphatic carbocycles. The highest BCUT2D eigenvalue weighted by atomic mass is 79.9. The molecular weight excluding hydrogens is 296 g/mol. The fourth-order valence-corrected chi connectivity index (χ4v) is 1.90. The van der Waals surface area contributed by atoms with Crippen molar-refractivity contribution < 1.29 is 9.53 Å². The summed E-state index contributed by atoms with van der Waals surface area (Å²) >= 11 is 3.37. The molecule has 0 aliphatic heterocycles. The number of halogens is 1. The van der Waals surface area contributed by atoms with Crippen molar-refractivity contribution >= 4 is 27.5 Å². The minimum atomic E-state index is -0.557. The summed E-state index contributed by atoms with van der Waals surface area (Å²) in [5, 5.41) is 2.79. The summed E-state index contributed by atoms with van der Waals surface area (Å²) in [5.41, 5.74) is 6.31. The highest BCUT2D eigenvalue weighted by Crippen LogP contribution is 2.28. The Bertz CT molecular complexity index is 441. The minimum Gasteiger partial charge on any atom is -0.496 e. The predicted molar refractivity (Wildman–Crippen MR) is 76.8 cm³/mol. The zero-order chi connectivity index (χ0) is 13.9. The maximum absolute atomic E-state index is 11.9. The van der Waals surface area contributed by atoms with E-state index in [9.17, 15) is 4.79 Å². The van der Waals surface area contributed by atoms with Gasteiger partial charge in [0.1, 0.15) is 5.75 Å². The maximum Gasteiger partial charge on any atom is 0.241 e. The molecule has 0 saturated carbocycles. The number of ether oxygens (including phenoxy) is 1. The fraction of sp³-hybridized carbons (Fsp3) is 0.462. The van der Waals surface area contributed by atoms with Crippen LogP contribution < -0.4 is 15.8 Å². The molecule has 0 unspecified atom stereocenters. The third-order valence-electron chi connectivity index (χ3n) is 2.63. The van der Waals surface area contributed by atoms with E-state index in [1.807, 2.05) is 20.8 Å². The Morgan fingerprint density at radius 2 is 2.06 bits per heavy atom. The van der Waals surface area contributed by atoms with Crippen LogP contribution in [0.2, 0.25) is 0 Å². The average molecular weight is 315 g/mol. The van der Waals surface area contributed by atoms with Crippen LogP contribution in [0, 0.1) is 5.41 Å². The number of nitrogens with two attached hydrogens (primary N) is 1. The van der Waals surface area contributed by atoms with Gasteiger partial charge in [0.2, 0.25) is 5.91 Å². The van der Waals surface area contributed by atoms with Crippen LogP contribution in [-0.2, 0) is 4.79 Å². The molecule has 0 heterocycles. The van der Waals surface area contributed by atoms with Crippen molar-refractivity contribution in [3.63, 3.8) is 0 Å². The molecule has 1 amide bonds. The van der Waals surface area contributed by atoms with Crippen molar-refractivity contribution in [2.75, 3.05) is 12.4 Å². The molecule has 100 valence electrons. The molecule has 0 saturated heterocycles. The second kappa shape index (κ2) is 5.71. The molecular formula is C13H19BrN2O2. The zero-order valence-corrected chi connectivity index (χ0v) is 12.7. The molecule has 0 radical (unpaired) electrons. The van der Waals surface area contributed by atoms with Gasteiger partial charge in [-0.2, -0.15) is 0 Å². The summed E-state index contributed by atoms with van der Waals surface area (Å²) in [6.07, 6.45) is 0. The SMILES string of the molecule is COc1ccc(NC(=O)[C@@H](N)C(C)(C)C)cc1Br. The summed E-state index contributed by atoms with van der Waals surface area (Å²) in [7, 11) is 1.59. The van der Waals surface area contributed by atoms with Crippen LogP contribution in [0.5, 0.6) is 5.75 Å². The number of nitrogens with one attached hydrogen (secondary N) is 1. The summed E-state index contributed by atoms with van der Waals surface area (Å²) in [6, 6.07) is 4.78. The Balaban J connectivity index is 2.80. The Labute approximate surface area is 116 Å². The lowest BCUT2D eigenvalue weighted by Gasteiger charge is -2.25. The van der Waals surface area contributed by atoms with Crippen molar-refractivity contribution in [2.24, 2.45) is 11.1 Å². The van der Waals surface area contributed by atoms with Gasteiger partial charge < -0.3 is 15.8 Å². The van der Waals surface area contributed by atoms with E-state index in [1.165, 1.54) is 0 Å². The maximum atomic E-state index is 11.9. The number of rotatable bonds is 3. The molecule has 0 spiro atoms. The molecule has 18 heavy (non-hydrogen) atoms. The molecule has 0 aromatic heterocycles. The topological polar surface area (TPSA) is 64.3 Å². The smallest absolute Gasteiger partial charge is 0.241 e. The minimum absolute atomic E-state index is 0.195. The summed E-state index contributed by atoms with van der Waals surface area (Å²) < 4.78 is 5.91. The van der Waals surface area contributed by atoms with Gasteiger partial charge in [-0.15, -0.1) is 0 Å². The third kappa shape index (κ3) is 3.71. The predicted octanol–water partition coefficient (Wildman–Crippen LogP) is 2.77. The van der Waals surface area contributed by atoms with Gasteiger partial charge in [-0.1, -0.05) is 20.8 Å². The standard InChI is InChI=1S/C13H19BrN2O2/c1-13(2,3)11(15)12(17)16-8-5-6-10(18-4)9(14)7-8/h5-7,11H,15H2,1-4H3,(H,16,17)/t11-/m1/s1. The molecule has 1 atom stereocenters.